The topological polar surface area (TPSA) is 54.0 Å². The second-order valence-electron chi connectivity index (χ2n) is 3.99. The molecule has 4 nitrogen and oxygen atoms in total. The van der Waals surface area contributed by atoms with E-state index >= 15 is 0 Å². The number of pyridine rings is 1. The zero-order chi connectivity index (χ0) is 14.3. The Morgan fingerprint density at radius 1 is 1.32 bits per heavy atom. The Labute approximate surface area is 109 Å². The molecule has 0 saturated carbocycles. The van der Waals surface area contributed by atoms with Gasteiger partial charge >= 0.3 is 6.18 Å². The lowest BCUT2D eigenvalue weighted by Gasteiger charge is -2.07. The molecule has 0 aromatic carbocycles. The molecule has 0 aliphatic rings. The summed E-state index contributed by atoms with van der Waals surface area (Å²) in [5.41, 5.74) is 0.239. The lowest BCUT2D eigenvalue weighted by atomic mass is 10.2. The number of alkyl halides is 3. The average Bonchev–Trinajstić information content (AvgIpc) is 2.37. The minimum atomic E-state index is -4.13. The molecule has 0 fully saturated rings. The monoisotopic (exact) mass is 275 g/mol. The number of hydrogen-bond donors (Lipinski definition) is 2. The maximum atomic E-state index is 11.9. The molecule has 1 aromatic rings. The number of carbonyl (C=O) groups is 1. The Bertz CT molecular complexity index is 421. The lowest BCUT2D eigenvalue weighted by molar-refractivity contribution is -0.135. The number of carbonyl (C=O) groups excluding carboxylic acids is 1. The Morgan fingerprint density at radius 2 is 2.05 bits per heavy atom. The first-order chi connectivity index (χ1) is 8.92. The van der Waals surface area contributed by atoms with Gasteiger partial charge < -0.3 is 10.6 Å². The van der Waals surface area contributed by atoms with Crippen LogP contribution in [-0.4, -0.2) is 30.7 Å². The maximum absolute atomic E-state index is 11.9. The molecule has 1 aromatic heterocycles. The second-order valence-corrected chi connectivity index (χ2v) is 3.99. The SMILES string of the molecule is CNc1cccc(C(=O)NCCCCC(F)(F)F)n1. The van der Waals surface area contributed by atoms with Crippen LogP contribution in [0.3, 0.4) is 0 Å². The molecule has 1 amide bonds. The first-order valence-electron chi connectivity index (χ1n) is 5.92. The molecule has 106 valence electrons. The fraction of sp³-hybridized carbons (Fsp3) is 0.500. The van der Waals surface area contributed by atoms with Crippen LogP contribution in [0.5, 0.6) is 0 Å². The van der Waals surface area contributed by atoms with E-state index in [0.29, 0.717) is 5.82 Å². The number of hydrogen-bond acceptors (Lipinski definition) is 3. The van der Waals surface area contributed by atoms with E-state index in [1.807, 2.05) is 0 Å². The van der Waals surface area contributed by atoms with Crippen molar-refractivity contribution >= 4 is 11.7 Å². The molecular weight excluding hydrogens is 259 g/mol. The highest BCUT2D eigenvalue weighted by atomic mass is 19.4. The molecule has 0 atom stereocenters. The maximum Gasteiger partial charge on any atom is 0.389 e. The molecule has 0 aliphatic carbocycles. The van der Waals surface area contributed by atoms with E-state index < -0.39 is 12.6 Å². The van der Waals surface area contributed by atoms with Crippen molar-refractivity contribution in [2.75, 3.05) is 18.9 Å². The van der Waals surface area contributed by atoms with Gasteiger partial charge in [-0.1, -0.05) is 6.07 Å². The van der Waals surface area contributed by atoms with Crippen molar-refractivity contribution < 1.29 is 18.0 Å². The summed E-state index contributed by atoms with van der Waals surface area (Å²) in [5.74, 6) is 0.175. The molecule has 0 unspecified atom stereocenters. The van der Waals surface area contributed by atoms with Crippen molar-refractivity contribution in [1.82, 2.24) is 10.3 Å². The average molecular weight is 275 g/mol. The Hall–Kier alpha value is -1.79. The summed E-state index contributed by atoms with van der Waals surface area (Å²) >= 11 is 0. The van der Waals surface area contributed by atoms with Gasteiger partial charge in [0.25, 0.3) is 5.91 Å². The third kappa shape index (κ3) is 6.08. The third-order valence-corrected chi connectivity index (χ3v) is 2.41. The molecule has 0 bridgehead atoms. The Kier molecular flexibility index (Phi) is 5.59. The van der Waals surface area contributed by atoms with E-state index in [0.717, 1.165) is 0 Å². The molecule has 7 heteroatoms. The van der Waals surface area contributed by atoms with Gasteiger partial charge in [-0.3, -0.25) is 4.79 Å². The van der Waals surface area contributed by atoms with Gasteiger partial charge in [-0.2, -0.15) is 13.2 Å². The second kappa shape index (κ2) is 6.96. The van der Waals surface area contributed by atoms with Crippen LogP contribution in [0.15, 0.2) is 18.2 Å². The van der Waals surface area contributed by atoms with Crippen molar-refractivity contribution in [3.05, 3.63) is 23.9 Å². The fourth-order valence-corrected chi connectivity index (χ4v) is 1.44. The fourth-order valence-electron chi connectivity index (χ4n) is 1.44. The number of nitrogens with zero attached hydrogens (tertiary/aromatic N) is 1. The summed E-state index contributed by atoms with van der Waals surface area (Å²) in [7, 11) is 1.68. The molecule has 0 spiro atoms. The van der Waals surface area contributed by atoms with Gasteiger partial charge in [-0.05, 0) is 25.0 Å². The van der Waals surface area contributed by atoms with Gasteiger partial charge in [-0.15, -0.1) is 0 Å². The summed E-state index contributed by atoms with van der Waals surface area (Å²) in [6.07, 6.45) is -4.66. The summed E-state index contributed by atoms with van der Waals surface area (Å²) in [6.45, 7) is 0.209. The lowest BCUT2D eigenvalue weighted by Crippen LogP contribution is -2.25. The van der Waals surface area contributed by atoms with Crippen LogP contribution in [0.4, 0.5) is 19.0 Å². The number of unbranched alkanes of at least 4 members (excludes halogenated alkanes) is 1. The van der Waals surface area contributed by atoms with Gasteiger partial charge in [0, 0.05) is 20.0 Å². The zero-order valence-electron chi connectivity index (χ0n) is 10.5. The van der Waals surface area contributed by atoms with Gasteiger partial charge in [0.05, 0.1) is 0 Å². The number of anilines is 1. The summed E-state index contributed by atoms with van der Waals surface area (Å²) in [6, 6.07) is 4.93. The highest BCUT2D eigenvalue weighted by Crippen LogP contribution is 2.21. The van der Waals surface area contributed by atoms with E-state index in [1.165, 1.54) is 0 Å². The molecular formula is C12H16F3N3O. The van der Waals surface area contributed by atoms with Crippen molar-refractivity contribution in [2.24, 2.45) is 0 Å². The van der Waals surface area contributed by atoms with E-state index in [-0.39, 0.29) is 31.0 Å². The first kappa shape index (κ1) is 15.3. The van der Waals surface area contributed by atoms with Gasteiger partial charge in [0.15, 0.2) is 0 Å². The standard InChI is InChI=1S/C12H16F3N3O/c1-16-10-6-4-5-9(18-10)11(19)17-8-3-2-7-12(13,14)15/h4-6H,2-3,7-8H2,1H3,(H,16,18)(H,17,19). The number of aromatic nitrogens is 1. The highest BCUT2D eigenvalue weighted by molar-refractivity contribution is 5.92. The van der Waals surface area contributed by atoms with Crippen LogP contribution in [0.2, 0.25) is 0 Å². The van der Waals surface area contributed by atoms with Crippen LogP contribution >= 0.6 is 0 Å². The Morgan fingerprint density at radius 3 is 2.68 bits per heavy atom. The van der Waals surface area contributed by atoms with Crippen molar-refractivity contribution in [3.63, 3.8) is 0 Å². The van der Waals surface area contributed by atoms with Gasteiger partial charge in [0.2, 0.25) is 0 Å². The van der Waals surface area contributed by atoms with Crippen molar-refractivity contribution in [2.45, 2.75) is 25.4 Å². The van der Waals surface area contributed by atoms with E-state index in [2.05, 4.69) is 15.6 Å². The predicted octanol–water partition coefficient (Wildman–Crippen LogP) is 2.59. The minimum absolute atomic E-state index is 0.00770. The Balaban J connectivity index is 2.31. The first-order valence-corrected chi connectivity index (χ1v) is 5.92. The molecule has 2 N–H and O–H groups in total. The van der Waals surface area contributed by atoms with Crippen molar-refractivity contribution in [1.29, 1.82) is 0 Å². The highest BCUT2D eigenvalue weighted by Gasteiger charge is 2.25. The van der Waals surface area contributed by atoms with Crippen LogP contribution in [-0.2, 0) is 0 Å². The summed E-state index contributed by atoms with van der Waals surface area (Å²) < 4.78 is 35.7. The molecule has 19 heavy (non-hydrogen) atoms. The largest absolute Gasteiger partial charge is 0.389 e. The van der Waals surface area contributed by atoms with Gasteiger partial charge in [0.1, 0.15) is 11.5 Å². The number of nitrogens with one attached hydrogen (secondary N) is 2. The third-order valence-electron chi connectivity index (χ3n) is 2.41. The van der Waals surface area contributed by atoms with Crippen LogP contribution in [0.1, 0.15) is 29.8 Å². The van der Waals surface area contributed by atoms with Crippen LogP contribution < -0.4 is 10.6 Å². The minimum Gasteiger partial charge on any atom is -0.373 e. The smallest absolute Gasteiger partial charge is 0.373 e. The molecule has 0 saturated heterocycles. The molecule has 1 heterocycles. The van der Waals surface area contributed by atoms with E-state index in [9.17, 15) is 18.0 Å². The predicted molar refractivity (Wildman–Crippen MR) is 66.0 cm³/mol. The van der Waals surface area contributed by atoms with Crippen LogP contribution in [0.25, 0.3) is 0 Å². The number of amides is 1. The molecule has 1 rings (SSSR count). The van der Waals surface area contributed by atoms with E-state index in [1.54, 1.807) is 25.2 Å². The van der Waals surface area contributed by atoms with Gasteiger partial charge in [-0.25, -0.2) is 4.98 Å². The summed E-state index contributed by atoms with van der Waals surface area (Å²) in [4.78, 5) is 15.7. The normalized spacial score (nSPS) is 11.2. The number of rotatable bonds is 6. The molecule has 0 aliphatic heterocycles. The zero-order valence-corrected chi connectivity index (χ0v) is 10.5. The van der Waals surface area contributed by atoms with Crippen molar-refractivity contribution in [3.8, 4) is 0 Å². The number of halogens is 3. The van der Waals surface area contributed by atoms with Crippen LogP contribution in [0, 0.1) is 0 Å². The van der Waals surface area contributed by atoms with E-state index in [4.69, 9.17) is 0 Å². The quantitative estimate of drug-likeness (QED) is 0.785. The molecule has 0 radical (unpaired) electrons. The summed E-state index contributed by atoms with van der Waals surface area (Å²) in [5, 5.41) is 5.34.